The first-order valence-corrected chi connectivity index (χ1v) is 15.5. The largest absolute Gasteiger partial charge is 0.484 e. The molecule has 0 bridgehead atoms. The van der Waals surface area contributed by atoms with E-state index in [1.165, 1.54) is 44.2 Å². The third-order valence-corrected chi connectivity index (χ3v) is 9.69. The van der Waals surface area contributed by atoms with Crippen LogP contribution in [0, 0.1) is 35.3 Å². The molecular weight excluding hydrogens is 504 g/mol. The molecule has 3 fully saturated rings. The Labute approximate surface area is 232 Å². The number of alkyl halides is 2. The molecule has 2 nitrogen and oxygen atoms in total. The first kappa shape index (κ1) is 30.4. The van der Waals surface area contributed by atoms with E-state index < -0.39 is 29.9 Å². The number of rotatable bonds is 12. The second-order valence-corrected chi connectivity index (χ2v) is 12.6. The van der Waals surface area contributed by atoms with Crippen molar-refractivity contribution in [3.05, 3.63) is 42.0 Å². The molecule has 2 unspecified atom stereocenters. The Morgan fingerprint density at radius 2 is 1.64 bits per heavy atom. The number of allylic oxidation sites excluding steroid dienone is 1. The van der Waals surface area contributed by atoms with Gasteiger partial charge >= 0.3 is 0 Å². The van der Waals surface area contributed by atoms with Gasteiger partial charge in [-0.25, -0.2) is 13.2 Å². The first-order chi connectivity index (χ1) is 18.8. The van der Waals surface area contributed by atoms with Gasteiger partial charge in [0.15, 0.2) is 18.2 Å². The predicted molar refractivity (Wildman–Crippen MR) is 148 cm³/mol. The van der Waals surface area contributed by atoms with Crippen LogP contribution in [0.15, 0.2) is 24.8 Å². The fraction of sp³-hybridized carbons (Fsp3) is 0.758. The molecule has 2 saturated carbocycles. The van der Waals surface area contributed by atoms with Gasteiger partial charge in [0.2, 0.25) is 5.82 Å². The van der Waals surface area contributed by atoms with Crippen molar-refractivity contribution in [2.24, 2.45) is 23.7 Å². The van der Waals surface area contributed by atoms with Gasteiger partial charge in [0.25, 0.3) is 5.92 Å². The van der Waals surface area contributed by atoms with Gasteiger partial charge in [-0.3, -0.25) is 0 Å². The second kappa shape index (κ2) is 14.4. The highest BCUT2D eigenvalue weighted by atomic mass is 19.3. The van der Waals surface area contributed by atoms with Gasteiger partial charge in [0, 0.05) is 13.0 Å². The van der Waals surface area contributed by atoms with E-state index in [2.05, 4.69) is 13.5 Å². The minimum atomic E-state index is -3.09. The highest BCUT2D eigenvalue weighted by molar-refractivity contribution is 5.33. The molecule has 6 heteroatoms. The lowest BCUT2D eigenvalue weighted by Gasteiger charge is -2.38. The zero-order valence-electron chi connectivity index (χ0n) is 23.8. The summed E-state index contributed by atoms with van der Waals surface area (Å²) in [6, 6.07) is 2.82. The molecule has 1 heterocycles. The summed E-state index contributed by atoms with van der Waals surface area (Å²) in [7, 11) is 0. The van der Waals surface area contributed by atoms with Crippen molar-refractivity contribution in [1.29, 1.82) is 0 Å². The summed E-state index contributed by atoms with van der Waals surface area (Å²) in [6.45, 7) is 5.96. The van der Waals surface area contributed by atoms with Crippen LogP contribution in [-0.2, 0) is 4.74 Å². The van der Waals surface area contributed by atoms with Crippen LogP contribution in [0.1, 0.15) is 115 Å². The van der Waals surface area contributed by atoms with E-state index in [4.69, 9.17) is 9.47 Å². The summed E-state index contributed by atoms with van der Waals surface area (Å²) in [5.41, 5.74) is 0.319. The summed E-state index contributed by atoms with van der Waals surface area (Å²) in [4.78, 5) is 0. The molecule has 3 aliphatic rings. The molecular formula is C33H48F4O2. The maximum absolute atomic E-state index is 14.8. The smallest absolute Gasteiger partial charge is 0.281 e. The summed E-state index contributed by atoms with van der Waals surface area (Å²) < 4.78 is 70.6. The van der Waals surface area contributed by atoms with Crippen molar-refractivity contribution in [3.63, 3.8) is 0 Å². The Bertz CT molecular complexity index is 895. The minimum absolute atomic E-state index is 0.0625. The third kappa shape index (κ3) is 8.47. The molecule has 0 radical (unpaired) electrons. The molecule has 2 aliphatic carbocycles. The lowest BCUT2D eigenvalue weighted by molar-refractivity contribution is -0.0781. The van der Waals surface area contributed by atoms with Gasteiger partial charge in [-0.15, -0.1) is 6.58 Å². The Balaban J connectivity index is 1.20. The maximum atomic E-state index is 14.8. The van der Waals surface area contributed by atoms with Gasteiger partial charge in [-0.2, -0.15) is 4.39 Å². The Hall–Kier alpha value is -1.56. The molecule has 1 aliphatic heterocycles. The van der Waals surface area contributed by atoms with E-state index in [1.807, 2.05) is 6.08 Å². The average Bonchev–Trinajstić information content (AvgIpc) is 2.95. The molecule has 1 saturated heterocycles. The Morgan fingerprint density at radius 1 is 0.923 bits per heavy atom. The molecule has 4 rings (SSSR count). The fourth-order valence-electron chi connectivity index (χ4n) is 7.18. The van der Waals surface area contributed by atoms with E-state index in [1.54, 1.807) is 0 Å². The number of ether oxygens (including phenoxy) is 2. The average molecular weight is 553 g/mol. The molecule has 0 aromatic heterocycles. The van der Waals surface area contributed by atoms with E-state index >= 15 is 0 Å². The Kier molecular flexibility index (Phi) is 11.2. The highest BCUT2D eigenvalue weighted by Gasteiger charge is 2.38. The number of unbranched alkanes of at least 4 members (excludes halogenated alkanes) is 2. The quantitative estimate of drug-likeness (QED) is 0.146. The molecule has 0 spiro atoms. The molecule has 39 heavy (non-hydrogen) atoms. The lowest BCUT2D eigenvalue weighted by Crippen LogP contribution is -2.35. The van der Waals surface area contributed by atoms with E-state index in [-0.39, 0.29) is 24.4 Å². The van der Waals surface area contributed by atoms with Crippen LogP contribution >= 0.6 is 0 Å². The lowest BCUT2D eigenvalue weighted by atomic mass is 9.75. The topological polar surface area (TPSA) is 18.5 Å². The van der Waals surface area contributed by atoms with Gasteiger partial charge in [-0.1, -0.05) is 38.3 Å². The minimum Gasteiger partial charge on any atom is -0.484 e. The molecule has 2 atom stereocenters. The van der Waals surface area contributed by atoms with Crippen molar-refractivity contribution in [1.82, 2.24) is 0 Å². The van der Waals surface area contributed by atoms with Crippen LogP contribution in [0.5, 0.6) is 5.75 Å². The number of hydrogen-bond acceptors (Lipinski definition) is 2. The third-order valence-electron chi connectivity index (χ3n) is 9.69. The van der Waals surface area contributed by atoms with E-state index in [0.717, 1.165) is 64.4 Å². The van der Waals surface area contributed by atoms with Crippen LogP contribution in [-0.4, -0.2) is 25.2 Å². The van der Waals surface area contributed by atoms with Crippen molar-refractivity contribution >= 4 is 0 Å². The fourth-order valence-corrected chi connectivity index (χ4v) is 7.18. The zero-order valence-corrected chi connectivity index (χ0v) is 23.8. The van der Waals surface area contributed by atoms with Gasteiger partial charge in [0.05, 0.1) is 6.10 Å². The maximum Gasteiger partial charge on any atom is 0.281 e. The number of halogens is 4. The summed E-state index contributed by atoms with van der Waals surface area (Å²) in [5, 5.41) is 0. The van der Waals surface area contributed by atoms with E-state index in [9.17, 15) is 17.6 Å². The second-order valence-electron chi connectivity index (χ2n) is 12.6. The zero-order chi connectivity index (χ0) is 27.8. The first-order valence-electron chi connectivity index (χ1n) is 15.5. The van der Waals surface area contributed by atoms with Crippen LogP contribution in [0.3, 0.4) is 0 Å². The molecule has 220 valence electrons. The van der Waals surface area contributed by atoms with E-state index in [0.29, 0.717) is 23.3 Å². The number of benzene rings is 1. The van der Waals surface area contributed by atoms with Crippen molar-refractivity contribution in [2.75, 3.05) is 13.2 Å². The number of hydrogen-bond donors (Lipinski definition) is 0. The van der Waals surface area contributed by atoms with Crippen LogP contribution < -0.4 is 4.74 Å². The summed E-state index contributed by atoms with van der Waals surface area (Å²) in [5.74, 6) is -4.23. The highest BCUT2D eigenvalue weighted by Crippen LogP contribution is 2.41. The van der Waals surface area contributed by atoms with Crippen LogP contribution in [0.4, 0.5) is 17.6 Å². The summed E-state index contributed by atoms with van der Waals surface area (Å²) in [6.07, 6.45) is 16.0. The normalized spacial score (nSPS) is 30.2. The monoisotopic (exact) mass is 552 g/mol. The van der Waals surface area contributed by atoms with Crippen LogP contribution in [0.2, 0.25) is 0 Å². The van der Waals surface area contributed by atoms with Crippen molar-refractivity contribution in [2.45, 2.75) is 121 Å². The molecule has 0 N–H and O–H groups in total. The summed E-state index contributed by atoms with van der Waals surface area (Å²) >= 11 is 0. The standard InChI is InChI=1S/C33H48F4O2/c1-3-5-6-7-25-12-18-29(38-21-25)27-15-10-24(11-16-27)20-33(36,37)22-39-30-19-17-28(31(34)32(30)35)26-13-8-23(4-2)9-14-26/h4,17,19,23-27,29H,2-3,5-16,18,20-22H2,1H3. The molecule has 0 amide bonds. The van der Waals surface area contributed by atoms with Gasteiger partial charge in [-0.05, 0) is 112 Å². The van der Waals surface area contributed by atoms with Crippen molar-refractivity contribution in [3.8, 4) is 5.75 Å². The molecule has 1 aromatic rings. The SMILES string of the molecule is C=CC1CCC(c2ccc(OCC(F)(F)CC3CCC(C4CCC(CCCCC)CO4)CC3)c(F)c2F)CC1. The molecule has 1 aromatic carbocycles. The van der Waals surface area contributed by atoms with Gasteiger partial charge < -0.3 is 9.47 Å². The van der Waals surface area contributed by atoms with Crippen molar-refractivity contribution < 1.29 is 27.0 Å². The van der Waals surface area contributed by atoms with Gasteiger partial charge in [0.1, 0.15) is 0 Å². The van der Waals surface area contributed by atoms with Crippen LogP contribution in [0.25, 0.3) is 0 Å². The predicted octanol–water partition coefficient (Wildman–Crippen LogP) is 10.0. The Morgan fingerprint density at radius 3 is 2.28 bits per heavy atom.